The third-order valence-corrected chi connectivity index (χ3v) is 1.68. The van der Waals surface area contributed by atoms with Crippen molar-refractivity contribution < 1.29 is 14.3 Å². The molecule has 0 aliphatic rings. The van der Waals surface area contributed by atoms with Crippen molar-refractivity contribution in [3.05, 3.63) is 23.7 Å². The van der Waals surface area contributed by atoms with E-state index in [2.05, 4.69) is 0 Å². The average molecular weight is 170 g/mol. The Morgan fingerprint density at radius 1 is 1.58 bits per heavy atom. The second-order valence-corrected chi connectivity index (χ2v) is 2.63. The summed E-state index contributed by atoms with van der Waals surface area (Å²) in [6.45, 7) is 2.28. The van der Waals surface area contributed by atoms with Gasteiger partial charge in [0.25, 0.3) is 0 Å². The Kier molecular flexibility index (Phi) is 3.31. The van der Waals surface area contributed by atoms with Crippen LogP contribution in [0, 0.1) is 0 Å². The standard InChI is InChI=1S/C9H14O3/c1-3-7-4-5-9(12-7)8(10)6-11-2/h4-5,8,10H,3,6H2,1-2H3. The van der Waals surface area contributed by atoms with E-state index in [9.17, 15) is 5.11 Å². The topological polar surface area (TPSA) is 42.6 Å². The zero-order chi connectivity index (χ0) is 8.97. The number of aliphatic hydroxyl groups excluding tert-OH is 1. The van der Waals surface area contributed by atoms with E-state index < -0.39 is 6.10 Å². The third kappa shape index (κ3) is 2.09. The van der Waals surface area contributed by atoms with Crippen molar-refractivity contribution in [3.8, 4) is 0 Å². The van der Waals surface area contributed by atoms with Crippen LogP contribution in [-0.4, -0.2) is 18.8 Å². The van der Waals surface area contributed by atoms with Crippen molar-refractivity contribution in [3.63, 3.8) is 0 Å². The highest BCUT2D eigenvalue weighted by Crippen LogP contribution is 2.16. The molecule has 0 saturated carbocycles. The number of methoxy groups -OCH3 is 1. The first-order valence-electron chi connectivity index (χ1n) is 4.03. The minimum atomic E-state index is -0.643. The molecule has 1 rings (SSSR count). The molecule has 0 aliphatic carbocycles. The minimum Gasteiger partial charge on any atom is -0.463 e. The fraction of sp³-hybridized carbons (Fsp3) is 0.556. The van der Waals surface area contributed by atoms with Gasteiger partial charge in [0.05, 0.1) is 6.61 Å². The zero-order valence-electron chi connectivity index (χ0n) is 7.41. The molecule has 0 saturated heterocycles. The van der Waals surface area contributed by atoms with Gasteiger partial charge in [0.2, 0.25) is 0 Å². The molecule has 0 spiro atoms. The summed E-state index contributed by atoms with van der Waals surface area (Å²) in [7, 11) is 1.55. The second-order valence-electron chi connectivity index (χ2n) is 2.63. The van der Waals surface area contributed by atoms with E-state index in [1.54, 1.807) is 13.2 Å². The summed E-state index contributed by atoms with van der Waals surface area (Å²) in [6, 6.07) is 3.65. The Morgan fingerprint density at radius 2 is 2.33 bits per heavy atom. The predicted molar refractivity (Wildman–Crippen MR) is 44.9 cm³/mol. The highest BCUT2D eigenvalue weighted by atomic mass is 16.5. The third-order valence-electron chi connectivity index (χ3n) is 1.68. The fourth-order valence-corrected chi connectivity index (χ4v) is 1.00. The van der Waals surface area contributed by atoms with Gasteiger partial charge in [0.15, 0.2) is 0 Å². The van der Waals surface area contributed by atoms with Gasteiger partial charge in [-0.25, -0.2) is 0 Å². The van der Waals surface area contributed by atoms with Crippen molar-refractivity contribution >= 4 is 0 Å². The lowest BCUT2D eigenvalue weighted by Gasteiger charge is -2.04. The predicted octanol–water partition coefficient (Wildman–Crippen LogP) is 1.52. The molecule has 0 fully saturated rings. The Hall–Kier alpha value is -0.800. The van der Waals surface area contributed by atoms with Crippen molar-refractivity contribution in [2.45, 2.75) is 19.4 Å². The van der Waals surface area contributed by atoms with Crippen LogP contribution in [0.1, 0.15) is 24.5 Å². The van der Waals surface area contributed by atoms with Gasteiger partial charge in [-0.15, -0.1) is 0 Å². The number of aliphatic hydroxyl groups is 1. The summed E-state index contributed by atoms with van der Waals surface area (Å²) in [5.41, 5.74) is 0. The highest BCUT2D eigenvalue weighted by molar-refractivity contribution is 5.09. The molecule has 1 aromatic heterocycles. The lowest BCUT2D eigenvalue weighted by atomic mass is 10.3. The van der Waals surface area contributed by atoms with Crippen LogP contribution in [0.4, 0.5) is 0 Å². The first-order valence-corrected chi connectivity index (χ1v) is 4.03. The molecule has 1 heterocycles. The lowest BCUT2D eigenvalue weighted by Crippen LogP contribution is -2.03. The van der Waals surface area contributed by atoms with Crippen LogP contribution in [0.2, 0.25) is 0 Å². The average Bonchev–Trinajstić information content (AvgIpc) is 2.52. The van der Waals surface area contributed by atoms with Crippen LogP contribution < -0.4 is 0 Å². The molecule has 1 N–H and O–H groups in total. The maximum absolute atomic E-state index is 9.41. The van der Waals surface area contributed by atoms with Gasteiger partial charge < -0.3 is 14.3 Å². The van der Waals surface area contributed by atoms with Crippen molar-refractivity contribution in [1.82, 2.24) is 0 Å². The summed E-state index contributed by atoms with van der Waals surface area (Å²) >= 11 is 0. The number of furan rings is 1. The Balaban J connectivity index is 2.61. The summed E-state index contributed by atoms with van der Waals surface area (Å²) in [5.74, 6) is 1.47. The van der Waals surface area contributed by atoms with Gasteiger partial charge in [-0.2, -0.15) is 0 Å². The number of hydrogen-bond donors (Lipinski definition) is 1. The Morgan fingerprint density at radius 3 is 2.83 bits per heavy atom. The largest absolute Gasteiger partial charge is 0.463 e. The van der Waals surface area contributed by atoms with Gasteiger partial charge >= 0.3 is 0 Å². The van der Waals surface area contributed by atoms with Gasteiger partial charge in [0.1, 0.15) is 17.6 Å². The maximum atomic E-state index is 9.41. The zero-order valence-corrected chi connectivity index (χ0v) is 7.41. The van der Waals surface area contributed by atoms with Gasteiger partial charge in [-0.1, -0.05) is 6.92 Å². The van der Waals surface area contributed by atoms with Crippen LogP contribution in [0.15, 0.2) is 16.5 Å². The van der Waals surface area contributed by atoms with E-state index in [0.29, 0.717) is 5.76 Å². The molecular weight excluding hydrogens is 156 g/mol. The van der Waals surface area contributed by atoms with Crippen LogP contribution in [0.25, 0.3) is 0 Å². The molecule has 0 bridgehead atoms. The van der Waals surface area contributed by atoms with E-state index in [4.69, 9.17) is 9.15 Å². The van der Waals surface area contributed by atoms with Crippen LogP contribution in [0.5, 0.6) is 0 Å². The van der Waals surface area contributed by atoms with E-state index in [0.717, 1.165) is 12.2 Å². The Bertz CT molecular complexity index is 229. The Labute approximate surface area is 72.0 Å². The summed E-state index contributed by atoms with van der Waals surface area (Å²) in [5, 5.41) is 9.41. The van der Waals surface area contributed by atoms with Gasteiger partial charge in [-0.05, 0) is 12.1 Å². The minimum absolute atomic E-state index is 0.274. The smallest absolute Gasteiger partial charge is 0.135 e. The molecule has 68 valence electrons. The van der Waals surface area contributed by atoms with Crippen molar-refractivity contribution in [1.29, 1.82) is 0 Å². The van der Waals surface area contributed by atoms with E-state index in [1.165, 1.54) is 0 Å². The highest BCUT2D eigenvalue weighted by Gasteiger charge is 2.10. The number of aryl methyl sites for hydroxylation is 1. The lowest BCUT2D eigenvalue weighted by molar-refractivity contribution is 0.0496. The number of hydrogen-bond acceptors (Lipinski definition) is 3. The van der Waals surface area contributed by atoms with Gasteiger partial charge in [-0.3, -0.25) is 0 Å². The molecule has 3 nitrogen and oxygen atoms in total. The SMILES string of the molecule is CCc1ccc(C(O)COC)o1. The van der Waals surface area contributed by atoms with Crippen molar-refractivity contribution in [2.24, 2.45) is 0 Å². The van der Waals surface area contributed by atoms with Crippen molar-refractivity contribution in [2.75, 3.05) is 13.7 Å². The molecule has 0 radical (unpaired) electrons. The monoisotopic (exact) mass is 170 g/mol. The molecule has 0 amide bonds. The molecule has 1 aromatic rings. The maximum Gasteiger partial charge on any atom is 0.135 e. The molecule has 1 atom stereocenters. The fourth-order valence-electron chi connectivity index (χ4n) is 1.00. The first-order chi connectivity index (χ1) is 5.77. The quantitative estimate of drug-likeness (QED) is 0.745. The molecule has 0 aromatic carbocycles. The first kappa shape index (κ1) is 9.29. The number of ether oxygens (including phenoxy) is 1. The molecule has 12 heavy (non-hydrogen) atoms. The molecule has 1 unspecified atom stereocenters. The van der Waals surface area contributed by atoms with E-state index >= 15 is 0 Å². The van der Waals surface area contributed by atoms with Crippen LogP contribution >= 0.6 is 0 Å². The number of rotatable bonds is 4. The summed E-state index contributed by atoms with van der Waals surface area (Å²) < 4.78 is 10.1. The molecular formula is C9H14O3. The van der Waals surface area contributed by atoms with E-state index in [1.807, 2.05) is 13.0 Å². The van der Waals surface area contributed by atoms with Crippen LogP contribution in [0.3, 0.4) is 0 Å². The van der Waals surface area contributed by atoms with E-state index in [-0.39, 0.29) is 6.61 Å². The summed E-state index contributed by atoms with van der Waals surface area (Å²) in [6.07, 6.45) is 0.204. The molecule has 0 aliphatic heterocycles. The normalized spacial score (nSPS) is 13.2. The van der Waals surface area contributed by atoms with Gasteiger partial charge in [0, 0.05) is 13.5 Å². The summed E-state index contributed by atoms with van der Waals surface area (Å²) in [4.78, 5) is 0. The second kappa shape index (κ2) is 4.28. The molecule has 3 heteroatoms. The van der Waals surface area contributed by atoms with Crippen LogP contribution in [-0.2, 0) is 11.2 Å².